The van der Waals surface area contributed by atoms with Crippen molar-refractivity contribution in [2.75, 3.05) is 0 Å². The lowest BCUT2D eigenvalue weighted by molar-refractivity contribution is 0.786. The van der Waals surface area contributed by atoms with E-state index in [1.165, 1.54) is 0 Å². The van der Waals surface area contributed by atoms with Gasteiger partial charge in [-0.1, -0.05) is 23.7 Å². The van der Waals surface area contributed by atoms with Gasteiger partial charge in [-0.15, -0.1) is 12.6 Å². The second-order valence-electron chi connectivity index (χ2n) is 3.94. The molecule has 0 aliphatic carbocycles. The quantitative estimate of drug-likeness (QED) is 0.672. The van der Waals surface area contributed by atoms with E-state index in [-0.39, 0.29) is 16.5 Å². The highest BCUT2D eigenvalue weighted by atomic mass is 35.5. The Morgan fingerprint density at radius 3 is 2.70 bits per heavy atom. The highest BCUT2D eigenvalue weighted by molar-refractivity contribution is 7.80. The van der Waals surface area contributed by atoms with Gasteiger partial charge in [0, 0.05) is 5.02 Å². The molecular weight excluding hydrogens is 298 g/mol. The number of nitriles is 1. The first-order valence-corrected chi connectivity index (χ1v) is 6.30. The molecule has 2 heterocycles. The number of benzene rings is 1. The van der Waals surface area contributed by atoms with Gasteiger partial charge in [-0.3, -0.25) is 4.98 Å². The van der Waals surface area contributed by atoms with Crippen molar-refractivity contribution < 1.29 is 0 Å². The lowest BCUT2D eigenvalue weighted by Crippen LogP contribution is -2.18. The van der Waals surface area contributed by atoms with Crippen LogP contribution in [0.1, 0.15) is 5.69 Å². The molecule has 0 bridgehead atoms. The molecule has 3 rings (SSSR count). The summed E-state index contributed by atoms with van der Waals surface area (Å²) in [7, 11) is 0. The third-order valence-corrected chi connectivity index (χ3v) is 3.19. The van der Waals surface area contributed by atoms with Crippen molar-refractivity contribution in [3.05, 3.63) is 45.5 Å². The second-order valence-corrected chi connectivity index (χ2v) is 4.80. The van der Waals surface area contributed by atoms with Crippen molar-refractivity contribution in [3.8, 4) is 17.2 Å². The SMILES string of the molecule is N#Cc1nn2c(=O)[nH]c(S)nc2c1-c1ccc(Cl)cc1. The molecule has 3 aromatic rings. The summed E-state index contributed by atoms with van der Waals surface area (Å²) in [5.41, 5.74) is 1.07. The first kappa shape index (κ1) is 12.7. The van der Waals surface area contributed by atoms with Crippen molar-refractivity contribution in [1.29, 1.82) is 5.26 Å². The van der Waals surface area contributed by atoms with E-state index >= 15 is 0 Å². The molecule has 0 aliphatic rings. The average molecular weight is 304 g/mol. The molecule has 0 radical (unpaired) electrons. The Morgan fingerprint density at radius 1 is 1.35 bits per heavy atom. The van der Waals surface area contributed by atoms with Crippen LogP contribution in [0.25, 0.3) is 16.8 Å². The second kappa shape index (κ2) is 4.67. The Kier molecular flexibility index (Phi) is 2.97. The maximum absolute atomic E-state index is 11.8. The van der Waals surface area contributed by atoms with Gasteiger partial charge in [0.05, 0.1) is 5.56 Å². The van der Waals surface area contributed by atoms with Gasteiger partial charge in [0.2, 0.25) is 0 Å². The van der Waals surface area contributed by atoms with Gasteiger partial charge in [-0.25, -0.2) is 9.78 Å². The van der Waals surface area contributed by atoms with Gasteiger partial charge in [0.15, 0.2) is 16.5 Å². The first-order chi connectivity index (χ1) is 9.60. The Labute approximate surface area is 123 Å². The highest BCUT2D eigenvalue weighted by Gasteiger charge is 2.17. The maximum atomic E-state index is 11.8. The van der Waals surface area contributed by atoms with E-state index in [0.29, 0.717) is 16.1 Å². The van der Waals surface area contributed by atoms with Crippen molar-refractivity contribution in [3.63, 3.8) is 0 Å². The Morgan fingerprint density at radius 2 is 2.05 bits per heavy atom. The van der Waals surface area contributed by atoms with Crippen LogP contribution in [0.4, 0.5) is 0 Å². The number of rotatable bonds is 1. The van der Waals surface area contributed by atoms with Crippen LogP contribution in [0.2, 0.25) is 5.02 Å². The number of hydrogen-bond acceptors (Lipinski definition) is 5. The number of nitrogens with zero attached hydrogens (tertiary/aromatic N) is 4. The summed E-state index contributed by atoms with van der Waals surface area (Å²) in [6, 6.07) is 8.82. The molecule has 0 fully saturated rings. The van der Waals surface area contributed by atoms with E-state index in [4.69, 9.17) is 11.6 Å². The van der Waals surface area contributed by atoms with Crippen LogP contribution in [-0.2, 0) is 0 Å². The number of aromatic amines is 1. The predicted octanol–water partition coefficient (Wildman–Crippen LogP) is 1.90. The van der Waals surface area contributed by atoms with Gasteiger partial charge in [0.1, 0.15) is 6.07 Å². The van der Waals surface area contributed by atoms with Crippen molar-refractivity contribution >= 4 is 29.9 Å². The summed E-state index contributed by atoms with van der Waals surface area (Å²) < 4.78 is 1.04. The molecular formula is C12H6ClN5OS. The number of thiol groups is 1. The van der Waals surface area contributed by atoms with Gasteiger partial charge < -0.3 is 0 Å². The van der Waals surface area contributed by atoms with E-state index < -0.39 is 5.69 Å². The van der Waals surface area contributed by atoms with Crippen LogP contribution in [0.3, 0.4) is 0 Å². The lowest BCUT2D eigenvalue weighted by Gasteiger charge is -2.00. The van der Waals surface area contributed by atoms with Gasteiger partial charge in [-0.2, -0.15) is 14.9 Å². The molecule has 2 aromatic heterocycles. The Balaban J connectivity index is 2.42. The predicted molar refractivity (Wildman–Crippen MR) is 76.0 cm³/mol. The molecule has 0 spiro atoms. The van der Waals surface area contributed by atoms with Gasteiger partial charge in [0.25, 0.3) is 0 Å². The zero-order chi connectivity index (χ0) is 14.3. The summed E-state index contributed by atoms with van der Waals surface area (Å²) in [5.74, 6) is 0. The molecule has 8 heteroatoms. The third kappa shape index (κ3) is 1.95. The molecule has 0 aliphatic heterocycles. The molecule has 1 aromatic carbocycles. The first-order valence-electron chi connectivity index (χ1n) is 5.48. The standard InChI is InChI=1S/C12H6ClN5OS/c13-7-3-1-6(2-4-7)9-8(5-14)17-18-10(9)15-11(20)16-12(18)19/h1-4H,(H2,15,16,19,20). The summed E-state index contributed by atoms with van der Waals surface area (Å²) in [5, 5.41) is 13.9. The molecule has 0 atom stereocenters. The lowest BCUT2D eigenvalue weighted by atomic mass is 10.1. The summed E-state index contributed by atoms with van der Waals surface area (Å²) in [4.78, 5) is 18.3. The van der Waals surface area contributed by atoms with E-state index in [1.54, 1.807) is 24.3 Å². The molecule has 0 saturated carbocycles. The van der Waals surface area contributed by atoms with Crippen molar-refractivity contribution in [2.24, 2.45) is 0 Å². The number of nitrogens with one attached hydrogen (secondary N) is 1. The number of aromatic nitrogens is 4. The van der Waals surface area contributed by atoms with Crippen molar-refractivity contribution in [2.45, 2.75) is 5.16 Å². The number of halogens is 1. The van der Waals surface area contributed by atoms with Crippen LogP contribution in [-0.4, -0.2) is 19.6 Å². The average Bonchev–Trinajstić information content (AvgIpc) is 2.78. The monoisotopic (exact) mass is 303 g/mol. The fraction of sp³-hybridized carbons (Fsp3) is 0. The fourth-order valence-electron chi connectivity index (χ4n) is 1.89. The Bertz CT molecular complexity index is 906. The molecule has 20 heavy (non-hydrogen) atoms. The molecule has 6 nitrogen and oxygen atoms in total. The topological polar surface area (TPSA) is 86.8 Å². The van der Waals surface area contributed by atoms with E-state index in [1.807, 2.05) is 6.07 Å². The molecule has 98 valence electrons. The van der Waals surface area contributed by atoms with E-state index in [9.17, 15) is 10.1 Å². The van der Waals surface area contributed by atoms with Crippen LogP contribution in [0, 0.1) is 11.3 Å². The van der Waals surface area contributed by atoms with Crippen LogP contribution < -0.4 is 5.69 Å². The van der Waals surface area contributed by atoms with Gasteiger partial charge >= 0.3 is 5.69 Å². The van der Waals surface area contributed by atoms with Crippen LogP contribution in [0.15, 0.2) is 34.2 Å². The zero-order valence-electron chi connectivity index (χ0n) is 9.83. The molecule has 1 N–H and O–H groups in total. The van der Waals surface area contributed by atoms with Crippen LogP contribution in [0.5, 0.6) is 0 Å². The molecule has 0 amide bonds. The van der Waals surface area contributed by atoms with Gasteiger partial charge in [-0.05, 0) is 17.7 Å². The summed E-state index contributed by atoms with van der Waals surface area (Å²) in [6.07, 6.45) is 0. The summed E-state index contributed by atoms with van der Waals surface area (Å²) >= 11 is 9.88. The molecule has 0 unspecified atom stereocenters. The normalized spacial score (nSPS) is 10.7. The van der Waals surface area contributed by atoms with E-state index in [0.717, 1.165) is 4.52 Å². The van der Waals surface area contributed by atoms with Crippen LogP contribution >= 0.6 is 24.2 Å². The van der Waals surface area contributed by atoms with Crippen molar-refractivity contribution in [1.82, 2.24) is 19.6 Å². The third-order valence-electron chi connectivity index (χ3n) is 2.72. The zero-order valence-corrected chi connectivity index (χ0v) is 11.5. The minimum absolute atomic E-state index is 0.115. The minimum atomic E-state index is -0.503. The fourth-order valence-corrected chi connectivity index (χ4v) is 2.21. The number of fused-ring (bicyclic) bond motifs is 1. The minimum Gasteiger partial charge on any atom is -0.285 e. The van der Waals surface area contributed by atoms with E-state index in [2.05, 4.69) is 27.7 Å². The highest BCUT2D eigenvalue weighted by Crippen LogP contribution is 2.27. The largest absolute Gasteiger partial charge is 0.350 e. The maximum Gasteiger partial charge on any atom is 0.350 e. The molecule has 0 saturated heterocycles. The Hall–Kier alpha value is -2.30. The number of H-pyrrole nitrogens is 1. The number of hydrogen-bond donors (Lipinski definition) is 2. The summed E-state index contributed by atoms with van der Waals surface area (Å²) in [6.45, 7) is 0. The smallest absolute Gasteiger partial charge is 0.285 e.